The molecule has 1 unspecified atom stereocenters. The fourth-order valence-electron chi connectivity index (χ4n) is 2.21. The predicted molar refractivity (Wildman–Crippen MR) is 70.2 cm³/mol. The summed E-state index contributed by atoms with van der Waals surface area (Å²) in [5, 5.41) is 9.10. The summed E-state index contributed by atoms with van der Waals surface area (Å²) in [4.78, 5) is 12.5. The first-order valence-electron chi connectivity index (χ1n) is 6.45. The van der Waals surface area contributed by atoms with Crippen LogP contribution >= 0.6 is 0 Å². The van der Waals surface area contributed by atoms with E-state index in [0.29, 0.717) is 13.2 Å². The van der Waals surface area contributed by atoms with Crippen molar-refractivity contribution < 1.29 is 19.4 Å². The Kier molecular flexibility index (Phi) is 4.63. The number of carboxylic acid groups (broad SMARTS) is 1. The van der Waals surface area contributed by atoms with Crippen molar-refractivity contribution >= 4 is 6.09 Å². The minimum absolute atomic E-state index is 0.326. The van der Waals surface area contributed by atoms with E-state index in [0.717, 1.165) is 30.6 Å². The second-order valence-corrected chi connectivity index (χ2v) is 4.59. The number of hydrogen-bond donors (Lipinski definition) is 1. The SMILES string of the molecule is COc1ccc(COC2CCCCN2C(=O)O)cc1. The number of benzene rings is 1. The van der Waals surface area contributed by atoms with Crippen LogP contribution in [0.25, 0.3) is 0 Å². The quantitative estimate of drug-likeness (QED) is 0.909. The van der Waals surface area contributed by atoms with Crippen LogP contribution in [-0.2, 0) is 11.3 Å². The van der Waals surface area contributed by atoms with Gasteiger partial charge in [-0.3, -0.25) is 4.90 Å². The summed E-state index contributed by atoms with van der Waals surface area (Å²) in [6.07, 6.45) is 1.46. The molecule has 1 saturated heterocycles. The Hall–Kier alpha value is -1.75. The van der Waals surface area contributed by atoms with Gasteiger partial charge in [-0.2, -0.15) is 0 Å². The van der Waals surface area contributed by atoms with E-state index in [9.17, 15) is 4.79 Å². The third-order valence-corrected chi connectivity index (χ3v) is 3.29. The Labute approximate surface area is 112 Å². The minimum Gasteiger partial charge on any atom is -0.497 e. The molecule has 0 aliphatic carbocycles. The lowest BCUT2D eigenvalue weighted by atomic mass is 10.1. The molecule has 1 amide bonds. The van der Waals surface area contributed by atoms with Gasteiger partial charge in [0.15, 0.2) is 0 Å². The fourth-order valence-corrected chi connectivity index (χ4v) is 2.21. The molecule has 1 aliphatic rings. The Morgan fingerprint density at radius 2 is 2.11 bits per heavy atom. The van der Waals surface area contributed by atoms with Crippen molar-refractivity contribution in [3.05, 3.63) is 29.8 Å². The molecular formula is C14H19NO4. The second-order valence-electron chi connectivity index (χ2n) is 4.59. The van der Waals surface area contributed by atoms with Crippen LogP contribution in [0.5, 0.6) is 5.75 Å². The van der Waals surface area contributed by atoms with E-state index in [4.69, 9.17) is 14.6 Å². The first-order valence-corrected chi connectivity index (χ1v) is 6.45. The highest BCUT2D eigenvalue weighted by Crippen LogP contribution is 2.20. The lowest BCUT2D eigenvalue weighted by Crippen LogP contribution is -2.44. The van der Waals surface area contributed by atoms with Crippen LogP contribution in [0.3, 0.4) is 0 Å². The van der Waals surface area contributed by atoms with Crippen molar-refractivity contribution in [2.75, 3.05) is 13.7 Å². The topological polar surface area (TPSA) is 59.0 Å². The zero-order valence-electron chi connectivity index (χ0n) is 11.0. The fraction of sp³-hybridized carbons (Fsp3) is 0.500. The third kappa shape index (κ3) is 3.61. The van der Waals surface area contributed by atoms with E-state index >= 15 is 0 Å². The van der Waals surface area contributed by atoms with Crippen LogP contribution in [0.15, 0.2) is 24.3 Å². The van der Waals surface area contributed by atoms with E-state index < -0.39 is 6.09 Å². The Balaban J connectivity index is 1.90. The Morgan fingerprint density at radius 3 is 2.74 bits per heavy atom. The largest absolute Gasteiger partial charge is 0.497 e. The van der Waals surface area contributed by atoms with Gasteiger partial charge in [-0.1, -0.05) is 12.1 Å². The summed E-state index contributed by atoms with van der Waals surface area (Å²) in [7, 11) is 1.62. The van der Waals surface area contributed by atoms with Crippen LogP contribution in [0, 0.1) is 0 Å². The van der Waals surface area contributed by atoms with Crippen molar-refractivity contribution in [2.24, 2.45) is 0 Å². The molecule has 1 aromatic carbocycles. The molecule has 1 atom stereocenters. The van der Waals surface area contributed by atoms with Gasteiger partial charge in [-0.05, 0) is 37.0 Å². The molecule has 0 saturated carbocycles. The van der Waals surface area contributed by atoms with Crippen LogP contribution in [0.4, 0.5) is 4.79 Å². The predicted octanol–water partition coefficient (Wildman–Crippen LogP) is 2.70. The van der Waals surface area contributed by atoms with Gasteiger partial charge in [0.05, 0.1) is 13.7 Å². The lowest BCUT2D eigenvalue weighted by molar-refractivity contribution is -0.0745. The van der Waals surface area contributed by atoms with Crippen molar-refractivity contribution in [1.29, 1.82) is 0 Å². The highest BCUT2D eigenvalue weighted by molar-refractivity contribution is 5.65. The number of ether oxygens (including phenoxy) is 2. The number of rotatable bonds is 4. The summed E-state index contributed by atoms with van der Waals surface area (Å²) in [6.45, 7) is 0.973. The summed E-state index contributed by atoms with van der Waals surface area (Å²) < 4.78 is 10.8. The van der Waals surface area contributed by atoms with E-state index in [1.165, 1.54) is 4.90 Å². The van der Waals surface area contributed by atoms with E-state index in [2.05, 4.69) is 0 Å². The molecule has 1 fully saturated rings. The highest BCUT2D eigenvalue weighted by Gasteiger charge is 2.26. The van der Waals surface area contributed by atoms with Gasteiger partial charge in [-0.25, -0.2) is 4.79 Å². The first kappa shape index (κ1) is 13.7. The zero-order valence-corrected chi connectivity index (χ0v) is 11.0. The maximum Gasteiger partial charge on any atom is 0.409 e. The molecule has 104 valence electrons. The third-order valence-electron chi connectivity index (χ3n) is 3.29. The number of carbonyl (C=O) groups is 1. The second kappa shape index (κ2) is 6.43. The number of hydrogen-bond acceptors (Lipinski definition) is 3. The molecule has 5 nitrogen and oxygen atoms in total. The maximum absolute atomic E-state index is 11.1. The Morgan fingerprint density at radius 1 is 1.37 bits per heavy atom. The molecular weight excluding hydrogens is 246 g/mol. The van der Waals surface area contributed by atoms with Crippen LogP contribution in [-0.4, -0.2) is 36.0 Å². The molecule has 19 heavy (non-hydrogen) atoms. The molecule has 1 N–H and O–H groups in total. The minimum atomic E-state index is -0.903. The first-order chi connectivity index (χ1) is 9.20. The standard InChI is InChI=1S/C14H19NO4/c1-18-12-7-5-11(6-8-12)10-19-13-4-2-3-9-15(13)14(16)17/h5-8,13H,2-4,9-10H2,1H3,(H,16,17). The molecule has 0 spiro atoms. The summed E-state index contributed by atoms with van der Waals surface area (Å²) in [6, 6.07) is 7.59. The Bertz CT molecular complexity index is 418. The average molecular weight is 265 g/mol. The van der Waals surface area contributed by atoms with Gasteiger partial charge in [0.1, 0.15) is 12.0 Å². The van der Waals surface area contributed by atoms with Crippen molar-refractivity contribution in [3.63, 3.8) is 0 Å². The molecule has 2 rings (SSSR count). The van der Waals surface area contributed by atoms with Gasteiger partial charge in [0, 0.05) is 6.54 Å². The monoisotopic (exact) mass is 265 g/mol. The molecule has 0 bridgehead atoms. The number of methoxy groups -OCH3 is 1. The summed E-state index contributed by atoms with van der Waals surface area (Å²) in [5.74, 6) is 0.800. The maximum atomic E-state index is 11.1. The molecule has 1 aliphatic heterocycles. The summed E-state index contributed by atoms with van der Waals surface area (Å²) in [5.41, 5.74) is 1.01. The van der Waals surface area contributed by atoms with Gasteiger partial charge >= 0.3 is 6.09 Å². The zero-order chi connectivity index (χ0) is 13.7. The van der Waals surface area contributed by atoms with Crippen molar-refractivity contribution in [3.8, 4) is 5.75 Å². The van der Waals surface area contributed by atoms with E-state index in [1.807, 2.05) is 24.3 Å². The van der Waals surface area contributed by atoms with Crippen molar-refractivity contribution in [1.82, 2.24) is 4.90 Å². The van der Waals surface area contributed by atoms with E-state index in [1.54, 1.807) is 7.11 Å². The molecule has 0 radical (unpaired) electrons. The van der Waals surface area contributed by atoms with Crippen LogP contribution < -0.4 is 4.74 Å². The van der Waals surface area contributed by atoms with Gasteiger partial charge < -0.3 is 14.6 Å². The van der Waals surface area contributed by atoms with Crippen molar-refractivity contribution in [2.45, 2.75) is 32.1 Å². The molecule has 0 aromatic heterocycles. The van der Waals surface area contributed by atoms with Gasteiger partial charge in [0.25, 0.3) is 0 Å². The van der Waals surface area contributed by atoms with Crippen LogP contribution in [0.1, 0.15) is 24.8 Å². The van der Waals surface area contributed by atoms with E-state index in [-0.39, 0.29) is 6.23 Å². The summed E-state index contributed by atoms with van der Waals surface area (Å²) >= 11 is 0. The number of likely N-dealkylation sites (tertiary alicyclic amines) is 1. The van der Waals surface area contributed by atoms with Gasteiger partial charge in [-0.15, -0.1) is 0 Å². The van der Waals surface area contributed by atoms with Gasteiger partial charge in [0.2, 0.25) is 0 Å². The average Bonchev–Trinajstić information content (AvgIpc) is 2.46. The normalized spacial score (nSPS) is 19.2. The molecule has 5 heteroatoms. The number of piperidine rings is 1. The lowest BCUT2D eigenvalue weighted by Gasteiger charge is -2.33. The van der Waals surface area contributed by atoms with Crippen LogP contribution in [0.2, 0.25) is 0 Å². The number of nitrogens with zero attached hydrogens (tertiary/aromatic N) is 1. The molecule has 1 aromatic rings. The molecule has 1 heterocycles. The highest BCUT2D eigenvalue weighted by atomic mass is 16.5. The smallest absolute Gasteiger partial charge is 0.409 e. The number of amides is 1.